The van der Waals surface area contributed by atoms with Crippen LogP contribution in [0.1, 0.15) is 29.3 Å². The second kappa shape index (κ2) is 10.6. The van der Waals surface area contributed by atoms with Crippen LogP contribution in [-0.2, 0) is 11.2 Å². The number of rotatable bonds is 8. The van der Waals surface area contributed by atoms with Gasteiger partial charge in [0.25, 0.3) is 0 Å². The molecule has 1 amide bonds. The summed E-state index contributed by atoms with van der Waals surface area (Å²) in [6, 6.07) is 21.8. The van der Waals surface area contributed by atoms with Gasteiger partial charge in [-0.3, -0.25) is 4.79 Å². The van der Waals surface area contributed by atoms with E-state index in [4.69, 9.17) is 9.47 Å². The number of nitrogens with one attached hydrogen (secondary N) is 1. The van der Waals surface area contributed by atoms with Crippen LogP contribution in [0, 0.1) is 0 Å². The van der Waals surface area contributed by atoms with Gasteiger partial charge in [0.1, 0.15) is 11.5 Å². The maximum atomic E-state index is 12.4. The van der Waals surface area contributed by atoms with Crippen LogP contribution >= 0.6 is 15.9 Å². The predicted octanol–water partition coefficient (Wildman–Crippen LogP) is 5.64. The first-order chi connectivity index (χ1) is 14.5. The van der Waals surface area contributed by atoms with Gasteiger partial charge in [-0.2, -0.15) is 0 Å². The fraction of sp³-hybridized carbons (Fsp3) is 0.167. The van der Waals surface area contributed by atoms with Crippen LogP contribution in [-0.4, -0.2) is 18.5 Å². The molecule has 154 valence electrons. The van der Waals surface area contributed by atoms with Crippen molar-refractivity contribution >= 4 is 33.5 Å². The molecule has 0 aromatic heterocycles. The molecule has 0 saturated carbocycles. The molecule has 0 radical (unpaired) electrons. The lowest BCUT2D eigenvalue weighted by Gasteiger charge is -2.10. The molecule has 0 spiro atoms. The number of ether oxygens (including phenoxy) is 2. The Hall–Kier alpha value is -3.12. The maximum absolute atomic E-state index is 12.4. The van der Waals surface area contributed by atoms with Crippen molar-refractivity contribution in [1.82, 2.24) is 0 Å². The van der Waals surface area contributed by atoms with Gasteiger partial charge < -0.3 is 14.8 Å². The van der Waals surface area contributed by atoms with Crippen molar-refractivity contribution in [2.45, 2.75) is 19.8 Å². The van der Waals surface area contributed by atoms with E-state index in [-0.39, 0.29) is 5.91 Å². The number of hydrogen-bond donors (Lipinski definition) is 1. The Labute approximate surface area is 184 Å². The number of anilines is 1. The summed E-state index contributed by atoms with van der Waals surface area (Å²) in [5.74, 6) is 0.514. The van der Waals surface area contributed by atoms with Gasteiger partial charge in [-0.05, 0) is 64.0 Å². The van der Waals surface area contributed by atoms with Gasteiger partial charge in [0, 0.05) is 18.5 Å². The highest BCUT2D eigenvalue weighted by molar-refractivity contribution is 9.10. The van der Waals surface area contributed by atoms with E-state index in [2.05, 4.69) is 33.4 Å². The Morgan fingerprint density at radius 1 is 0.967 bits per heavy atom. The minimum Gasteiger partial charge on any atom is -0.492 e. The van der Waals surface area contributed by atoms with Gasteiger partial charge in [-0.15, -0.1) is 0 Å². The first-order valence-electron chi connectivity index (χ1n) is 9.63. The van der Waals surface area contributed by atoms with E-state index in [0.29, 0.717) is 40.3 Å². The molecular formula is C24H22BrNO4. The zero-order valence-electron chi connectivity index (χ0n) is 16.6. The summed E-state index contributed by atoms with van der Waals surface area (Å²) in [5.41, 5.74) is 2.26. The number of halogens is 1. The Kier molecular flexibility index (Phi) is 7.63. The van der Waals surface area contributed by atoms with Crippen LogP contribution in [0.3, 0.4) is 0 Å². The number of carbonyl (C=O) groups excluding carboxylic acids is 2. The molecule has 6 heteroatoms. The minimum atomic E-state index is -0.475. The number of amides is 1. The number of benzene rings is 3. The average Bonchev–Trinajstić information content (AvgIpc) is 2.76. The molecular weight excluding hydrogens is 446 g/mol. The smallest absolute Gasteiger partial charge is 0.343 e. The minimum absolute atomic E-state index is 0.0735. The lowest BCUT2D eigenvalue weighted by Crippen LogP contribution is -2.10. The lowest BCUT2D eigenvalue weighted by molar-refractivity contribution is -0.115. The van der Waals surface area contributed by atoms with Gasteiger partial charge in [-0.25, -0.2) is 4.79 Å². The van der Waals surface area contributed by atoms with Crippen molar-refractivity contribution in [1.29, 1.82) is 0 Å². The second-order valence-corrected chi connectivity index (χ2v) is 7.40. The molecule has 0 bridgehead atoms. The third kappa shape index (κ3) is 6.19. The standard InChI is InChI=1S/C24H22BrNO4/c1-2-23(27)26-19-9-11-20(12-10-19)30-24(28)18-8-13-22(21(25)16-18)29-15-14-17-6-4-3-5-7-17/h3-13,16H,2,14-15H2,1H3,(H,26,27). The van der Waals surface area contributed by atoms with Crippen molar-refractivity contribution < 1.29 is 19.1 Å². The first-order valence-corrected chi connectivity index (χ1v) is 10.4. The molecule has 0 unspecified atom stereocenters. The summed E-state index contributed by atoms with van der Waals surface area (Å²) < 4.78 is 11.9. The highest BCUT2D eigenvalue weighted by atomic mass is 79.9. The van der Waals surface area contributed by atoms with E-state index < -0.39 is 5.97 Å². The van der Waals surface area contributed by atoms with Gasteiger partial charge in [0.05, 0.1) is 16.6 Å². The number of hydrogen-bond acceptors (Lipinski definition) is 4. The van der Waals surface area contributed by atoms with Gasteiger partial charge >= 0.3 is 5.97 Å². The molecule has 3 aromatic rings. The van der Waals surface area contributed by atoms with Gasteiger partial charge in [-0.1, -0.05) is 37.3 Å². The average molecular weight is 468 g/mol. The zero-order valence-corrected chi connectivity index (χ0v) is 18.1. The summed E-state index contributed by atoms with van der Waals surface area (Å²) >= 11 is 3.45. The van der Waals surface area contributed by atoms with E-state index >= 15 is 0 Å². The van der Waals surface area contributed by atoms with E-state index in [9.17, 15) is 9.59 Å². The van der Waals surface area contributed by atoms with Crippen LogP contribution < -0.4 is 14.8 Å². The fourth-order valence-corrected chi connectivity index (χ4v) is 3.18. The van der Waals surface area contributed by atoms with Crippen LogP contribution in [0.4, 0.5) is 5.69 Å². The van der Waals surface area contributed by atoms with E-state index in [0.717, 1.165) is 6.42 Å². The van der Waals surface area contributed by atoms with E-state index in [1.807, 2.05) is 18.2 Å². The molecule has 3 aromatic carbocycles. The molecule has 0 saturated heterocycles. The van der Waals surface area contributed by atoms with Crippen molar-refractivity contribution in [2.75, 3.05) is 11.9 Å². The van der Waals surface area contributed by atoms with E-state index in [1.54, 1.807) is 49.4 Å². The van der Waals surface area contributed by atoms with Crippen LogP contribution in [0.2, 0.25) is 0 Å². The monoisotopic (exact) mass is 467 g/mol. The molecule has 0 heterocycles. The largest absolute Gasteiger partial charge is 0.492 e. The second-order valence-electron chi connectivity index (χ2n) is 6.54. The van der Waals surface area contributed by atoms with Crippen molar-refractivity contribution in [3.8, 4) is 11.5 Å². The first kappa shape index (κ1) is 21.6. The van der Waals surface area contributed by atoms with Crippen molar-refractivity contribution in [3.63, 3.8) is 0 Å². The molecule has 0 atom stereocenters. The lowest BCUT2D eigenvalue weighted by atomic mass is 10.2. The van der Waals surface area contributed by atoms with Crippen LogP contribution in [0.15, 0.2) is 77.3 Å². The number of carbonyl (C=O) groups is 2. The third-order valence-corrected chi connectivity index (χ3v) is 4.95. The van der Waals surface area contributed by atoms with Crippen molar-refractivity contribution in [2.24, 2.45) is 0 Å². The SMILES string of the molecule is CCC(=O)Nc1ccc(OC(=O)c2ccc(OCCc3ccccc3)c(Br)c2)cc1. The Morgan fingerprint density at radius 2 is 1.70 bits per heavy atom. The summed E-state index contributed by atoms with van der Waals surface area (Å²) in [6.07, 6.45) is 1.20. The van der Waals surface area contributed by atoms with Crippen LogP contribution in [0.5, 0.6) is 11.5 Å². The topological polar surface area (TPSA) is 64.6 Å². The fourth-order valence-electron chi connectivity index (χ4n) is 2.69. The Morgan fingerprint density at radius 3 is 2.37 bits per heavy atom. The third-order valence-electron chi connectivity index (χ3n) is 4.33. The molecule has 0 aliphatic rings. The summed E-state index contributed by atoms with van der Waals surface area (Å²) in [6.45, 7) is 2.32. The molecule has 0 aliphatic carbocycles. The summed E-state index contributed by atoms with van der Waals surface area (Å²) in [7, 11) is 0. The van der Waals surface area contributed by atoms with Crippen molar-refractivity contribution in [3.05, 3.63) is 88.4 Å². The molecule has 0 fully saturated rings. The molecule has 5 nitrogen and oxygen atoms in total. The molecule has 3 rings (SSSR count). The number of esters is 1. The Bertz CT molecular complexity index is 1000. The maximum Gasteiger partial charge on any atom is 0.343 e. The zero-order chi connectivity index (χ0) is 21.3. The summed E-state index contributed by atoms with van der Waals surface area (Å²) in [5, 5.41) is 2.75. The highest BCUT2D eigenvalue weighted by Gasteiger charge is 2.12. The molecule has 1 N–H and O–H groups in total. The Balaban J connectivity index is 1.56. The van der Waals surface area contributed by atoms with Gasteiger partial charge in [0.15, 0.2) is 0 Å². The van der Waals surface area contributed by atoms with Gasteiger partial charge in [0.2, 0.25) is 5.91 Å². The predicted molar refractivity (Wildman–Crippen MR) is 120 cm³/mol. The molecule has 0 aliphatic heterocycles. The highest BCUT2D eigenvalue weighted by Crippen LogP contribution is 2.27. The summed E-state index contributed by atoms with van der Waals surface area (Å²) in [4.78, 5) is 23.8. The van der Waals surface area contributed by atoms with E-state index in [1.165, 1.54) is 5.56 Å². The molecule has 30 heavy (non-hydrogen) atoms. The normalized spacial score (nSPS) is 10.3. The quantitative estimate of drug-likeness (QED) is 0.344. The van der Waals surface area contributed by atoms with Crippen LogP contribution in [0.25, 0.3) is 0 Å².